The summed E-state index contributed by atoms with van der Waals surface area (Å²) in [5.74, 6) is 0. The molecule has 0 unspecified atom stereocenters. The van der Waals surface area contributed by atoms with Crippen molar-refractivity contribution in [2.24, 2.45) is 0 Å². The van der Waals surface area contributed by atoms with E-state index in [0.717, 1.165) is 25.3 Å². The summed E-state index contributed by atoms with van der Waals surface area (Å²) in [5.41, 5.74) is 1.03. The fraction of sp³-hybridized carbons (Fsp3) is 0.364. The number of hydrogen-bond acceptors (Lipinski definition) is 4. The van der Waals surface area contributed by atoms with Gasteiger partial charge in [-0.1, -0.05) is 0 Å². The fourth-order valence-corrected chi connectivity index (χ4v) is 1.98. The quantitative estimate of drug-likeness (QED) is 0.757. The molecule has 0 radical (unpaired) electrons. The molecule has 0 atom stereocenters. The molecule has 3 rings (SSSR count). The van der Waals surface area contributed by atoms with Crippen molar-refractivity contribution < 1.29 is 0 Å². The third kappa shape index (κ3) is 1.81. The lowest BCUT2D eigenvalue weighted by Crippen LogP contribution is -2.47. The normalized spacial score (nSPS) is 17.2. The average molecular weight is 215 g/mol. The first-order chi connectivity index (χ1) is 7.92. The van der Waals surface area contributed by atoms with Crippen LogP contribution in [0.1, 0.15) is 11.7 Å². The molecule has 1 fully saturated rings. The third-order valence-electron chi connectivity index (χ3n) is 2.85. The molecule has 0 bridgehead atoms. The summed E-state index contributed by atoms with van der Waals surface area (Å²) in [6.45, 7) is 2.96. The van der Waals surface area contributed by atoms with Crippen molar-refractivity contribution in [2.75, 3.05) is 13.1 Å². The van der Waals surface area contributed by atoms with Crippen molar-refractivity contribution in [1.82, 2.24) is 24.9 Å². The first-order valence-corrected chi connectivity index (χ1v) is 5.40. The number of rotatable bonds is 3. The summed E-state index contributed by atoms with van der Waals surface area (Å²) in [5, 5.41) is 12.2. The second-order valence-electron chi connectivity index (χ2n) is 4.05. The largest absolute Gasteiger partial charge is 0.293 e. The zero-order chi connectivity index (χ0) is 10.8. The molecule has 2 aromatic rings. The highest BCUT2D eigenvalue weighted by Gasteiger charge is 2.28. The molecule has 82 valence electrons. The zero-order valence-electron chi connectivity index (χ0n) is 8.90. The van der Waals surface area contributed by atoms with Crippen LogP contribution in [-0.2, 0) is 6.54 Å². The highest BCUT2D eigenvalue weighted by Crippen LogP contribution is 2.21. The molecule has 1 aliphatic heterocycles. The second-order valence-corrected chi connectivity index (χ2v) is 4.05. The minimum atomic E-state index is 0.520. The Labute approximate surface area is 93.7 Å². The van der Waals surface area contributed by atoms with Crippen molar-refractivity contribution in [3.8, 4) is 0 Å². The molecule has 16 heavy (non-hydrogen) atoms. The topological polar surface area (TPSA) is 46.8 Å². The van der Waals surface area contributed by atoms with Gasteiger partial charge in [-0.15, -0.1) is 0 Å². The maximum atomic E-state index is 4.24. The van der Waals surface area contributed by atoms with E-state index in [1.54, 1.807) is 6.20 Å². The standard InChI is InChI=1S/C11H13N5/c1-3-10(14-12-4-1)7-15-8-11(9-15)16-6-2-5-13-16/h1-6,11H,7-9H2. The molecular weight excluding hydrogens is 202 g/mol. The predicted molar refractivity (Wildman–Crippen MR) is 58.6 cm³/mol. The fourth-order valence-electron chi connectivity index (χ4n) is 1.98. The van der Waals surface area contributed by atoms with Gasteiger partial charge in [0.2, 0.25) is 0 Å². The maximum absolute atomic E-state index is 4.24. The van der Waals surface area contributed by atoms with E-state index in [0.29, 0.717) is 6.04 Å². The molecule has 5 nitrogen and oxygen atoms in total. The van der Waals surface area contributed by atoms with Gasteiger partial charge in [0.25, 0.3) is 0 Å². The number of aromatic nitrogens is 4. The van der Waals surface area contributed by atoms with Crippen LogP contribution in [0.3, 0.4) is 0 Å². The minimum Gasteiger partial charge on any atom is -0.293 e. The van der Waals surface area contributed by atoms with Crippen molar-refractivity contribution >= 4 is 0 Å². The van der Waals surface area contributed by atoms with Crippen LogP contribution in [0.4, 0.5) is 0 Å². The molecule has 0 N–H and O–H groups in total. The van der Waals surface area contributed by atoms with Gasteiger partial charge in [-0.25, -0.2) is 0 Å². The molecule has 0 saturated carbocycles. The van der Waals surface area contributed by atoms with E-state index in [1.165, 1.54) is 0 Å². The van der Waals surface area contributed by atoms with Crippen molar-refractivity contribution in [2.45, 2.75) is 12.6 Å². The van der Waals surface area contributed by atoms with Gasteiger partial charge in [0, 0.05) is 38.2 Å². The van der Waals surface area contributed by atoms with Crippen LogP contribution in [0, 0.1) is 0 Å². The van der Waals surface area contributed by atoms with E-state index >= 15 is 0 Å². The molecule has 0 aromatic carbocycles. The molecule has 1 saturated heterocycles. The second kappa shape index (κ2) is 4.02. The Kier molecular flexibility index (Phi) is 2.38. The summed E-state index contributed by atoms with van der Waals surface area (Å²) in [4.78, 5) is 2.34. The molecule has 0 spiro atoms. The lowest BCUT2D eigenvalue weighted by Gasteiger charge is -2.38. The smallest absolute Gasteiger partial charge is 0.0773 e. The highest BCUT2D eigenvalue weighted by molar-refractivity contribution is 5.01. The zero-order valence-corrected chi connectivity index (χ0v) is 8.90. The van der Waals surface area contributed by atoms with Gasteiger partial charge in [0.1, 0.15) is 0 Å². The van der Waals surface area contributed by atoms with E-state index in [1.807, 2.05) is 35.3 Å². The molecule has 5 heteroatoms. The summed E-state index contributed by atoms with van der Waals surface area (Å²) >= 11 is 0. The summed E-state index contributed by atoms with van der Waals surface area (Å²) in [6.07, 6.45) is 5.54. The minimum absolute atomic E-state index is 0.520. The van der Waals surface area contributed by atoms with Crippen LogP contribution < -0.4 is 0 Å². The van der Waals surface area contributed by atoms with Crippen molar-refractivity contribution in [3.63, 3.8) is 0 Å². The highest BCUT2D eigenvalue weighted by atomic mass is 15.4. The summed E-state index contributed by atoms with van der Waals surface area (Å²) in [7, 11) is 0. The first kappa shape index (κ1) is 9.47. The molecule has 3 heterocycles. The van der Waals surface area contributed by atoms with Crippen molar-refractivity contribution in [1.29, 1.82) is 0 Å². The van der Waals surface area contributed by atoms with Crippen LogP contribution in [0.25, 0.3) is 0 Å². The molecule has 1 aliphatic rings. The van der Waals surface area contributed by atoms with E-state index < -0.39 is 0 Å². The van der Waals surface area contributed by atoms with Gasteiger partial charge in [-0.2, -0.15) is 15.3 Å². The number of nitrogens with zero attached hydrogens (tertiary/aromatic N) is 5. The van der Waals surface area contributed by atoms with Crippen molar-refractivity contribution in [3.05, 3.63) is 42.5 Å². The van der Waals surface area contributed by atoms with Crippen LogP contribution >= 0.6 is 0 Å². The van der Waals surface area contributed by atoms with Gasteiger partial charge in [-0.3, -0.25) is 9.58 Å². The van der Waals surface area contributed by atoms with Gasteiger partial charge < -0.3 is 0 Å². The Balaban J connectivity index is 1.55. The van der Waals surface area contributed by atoms with Crippen LogP contribution in [0.5, 0.6) is 0 Å². The monoisotopic (exact) mass is 215 g/mol. The third-order valence-corrected chi connectivity index (χ3v) is 2.85. The molecular formula is C11H13N5. The maximum Gasteiger partial charge on any atom is 0.0773 e. The molecule has 0 aliphatic carbocycles. The first-order valence-electron chi connectivity index (χ1n) is 5.40. The lowest BCUT2D eigenvalue weighted by molar-refractivity contribution is 0.0892. The van der Waals surface area contributed by atoms with Gasteiger partial charge in [0.15, 0.2) is 0 Å². The van der Waals surface area contributed by atoms with E-state index in [4.69, 9.17) is 0 Å². The van der Waals surface area contributed by atoms with Gasteiger partial charge in [-0.05, 0) is 18.2 Å². The van der Waals surface area contributed by atoms with Crippen LogP contribution in [-0.4, -0.2) is 38.0 Å². The predicted octanol–water partition coefficient (Wildman–Crippen LogP) is 0.730. The SMILES string of the molecule is c1cnnc(CN2CC(n3cccn3)C2)c1. The number of hydrogen-bond donors (Lipinski definition) is 0. The summed E-state index contributed by atoms with van der Waals surface area (Å²) in [6, 6.07) is 6.42. The van der Waals surface area contributed by atoms with E-state index in [2.05, 4.69) is 20.2 Å². The van der Waals surface area contributed by atoms with E-state index in [9.17, 15) is 0 Å². The number of likely N-dealkylation sites (tertiary alicyclic amines) is 1. The van der Waals surface area contributed by atoms with Crippen LogP contribution in [0.2, 0.25) is 0 Å². The molecule has 2 aromatic heterocycles. The van der Waals surface area contributed by atoms with Crippen LogP contribution in [0.15, 0.2) is 36.8 Å². The average Bonchev–Trinajstić information content (AvgIpc) is 2.77. The van der Waals surface area contributed by atoms with E-state index in [-0.39, 0.29) is 0 Å². The van der Waals surface area contributed by atoms with Gasteiger partial charge >= 0.3 is 0 Å². The Morgan fingerprint density at radius 1 is 1.25 bits per heavy atom. The molecule has 0 amide bonds. The summed E-state index contributed by atoms with van der Waals surface area (Å²) < 4.78 is 2.02. The Morgan fingerprint density at radius 2 is 2.19 bits per heavy atom. The van der Waals surface area contributed by atoms with Gasteiger partial charge in [0.05, 0.1) is 11.7 Å². The Morgan fingerprint density at radius 3 is 2.88 bits per heavy atom. The Bertz CT molecular complexity index is 433. The Hall–Kier alpha value is -1.75. The lowest BCUT2D eigenvalue weighted by atomic mass is 10.1.